The van der Waals surface area contributed by atoms with Crippen LogP contribution in [0.4, 0.5) is 0 Å². The van der Waals surface area contributed by atoms with Crippen molar-refractivity contribution in [3.8, 4) is 34.2 Å². The Bertz CT molecular complexity index is 1970. The molecule has 6 rings (SSSR count). The van der Waals surface area contributed by atoms with E-state index >= 15 is 0 Å². The van der Waals surface area contributed by atoms with E-state index < -0.39 is 0 Å². The Morgan fingerprint density at radius 2 is 1.18 bits per heavy atom. The van der Waals surface area contributed by atoms with Gasteiger partial charge >= 0.3 is 0 Å². The fourth-order valence-electron chi connectivity index (χ4n) is 5.81. The standard InChI is InChI=1S/C42H35N3/c1-7-31(25-28(2)29(3)26-38-30(4)36-23-14-15-24-37(36)42(38,5)6)34-21-16-22-35(27-34)41-44-39(32-17-10-8-11-18-32)43-40(45-41)33-19-12-9-13-20-33/h7-27H,1-4H2,5-6H3/b31-25+,38-26+. The van der Waals surface area contributed by atoms with Gasteiger partial charge in [0, 0.05) is 22.1 Å². The monoisotopic (exact) mass is 581 g/mol. The highest BCUT2D eigenvalue weighted by Gasteiger charge is 2.36. The molecule has 0 spiro atoms. The summed E-state index contributed by atoms with van der Waals surface area (Å²) in [6.07, 6.45) is 6.00. The number of rotatable bonds is 8. The molecule has 0 unspecified atom stereocenters. The molecule has 1 heterocycles. The molecule has 3 nitrogen and oxygen atoms in total. The second kappa shape index (κ2) is 12.1. The van der Waals surface area contributed by atoms with Crippen molar-refractivity contribution in [3.63, 3.8) is 0 Å². The van der Waals surface area contributed by atoms with Gasteiger partial charge in [0.25, 0.3) is 0 Å². The summed E-state index contributed by atoms with van der Waals surface area (Å²) >= 11 is 0. The number of hydrogen-bond acceptors (Lipinski definition) is 3. The highest BCUT2D eigenvalue weighted by molar-refractivity contribution is 5.89. The van der Waals surface area contributed by atoms with Gasteiger partial charge in [-0.3, -0.25) is 0 Å². The molecule has 3 heteroatoms. The number of aromatic nitrogens is 3. The molecule has 0 bridgehead atoms. The van der Waals surface area contributed by atoms with Crippen LogP contribution in [0.2, 0.25) is 0 Å². The minimum atomic E-state index is -0.169. The van der Waals surface area contributed by atoms with Crippen LogP contribution in [0.25, 0.3) is 45.3 Å². The van der Waals surface area contributed by atoms with Crippen LogP contribution in [-0.2, 0) is 5.41 Å². The molecule has 1 aliphatic rings. The summed E-state index contributed by atoms with van der Waals surface area (Å²) in [6, 6.07) is 36.6. The van der Waals surface area contributed by atoms with Gasteiger partial charge < -0.3 is 0 Å². The third kappa shape index (κ3) is 5.81. The van der Waals surface area contributed by atoms with E-state index in [1.807, 2.05) is 84.9 Å². The Kier molecular flexibility index (Phi) is 7.93. The molecule has 0 fully saturated rings. The fraction of sp³-hybridized carbons (Fsp3) is 0.0714. The molecule has 0 radical (unpaired) electrons. The minimum absolute atomic E-state index is 0.169. The smallest absolute Gasteiger partial charge is 0.164 e. The first-order valence-electron chi connectivity index (χ1n) is 15.0. The van der Waals surface area contributed by atoms with Crippen LogP contribution in [0.15, 0.2) is 170 Å². The van der Waals surface area contributed by atoms with E-state index in [-0.39, 0.29) is 5.41 Å². The van der Waals surface area contributed by atoms with Crippen LogP contribution >= 0.6 is 0 Å². The molecule has 0 amide bonds. The first-order chi connectivity index (χ1) is 21.8. The largest absolute Gasteiger partial charge is 0.208 e. The molecule has 5 aromatic rings. The lowest BCUT2D eigenvalue weighted by molar-refractivity contribution is 0.660. The van der Waals surface area contributed by atoms with E-state index in [1.165, 1.54) is 11.1 Å². The maximum atomic E-state index is 4.89. The molecule has 45 heavy (non-hydrogen) atoms. The quantitative estimate of drug-likeness (QED) is 0.171. The van der Waals surface area contributed by atoms with Gasteiger partial charge in [0.15, 0.2) is 17.5 Å². The normalized spacial score (nSPS) is 14.7. The average Bonchev–Trinajstić information content (AvgIpc) is 3.28. The van der Waals surface area contributed by atoms with E-state index in [2.05, 4.69) is 82.6 Å². The first kappa shape index (κ1) is 29.4. The first-order valence-corrected chi connectivity index (χ1v) is 15.0. The van der Waals surface area contributed by atoms with Gasteiger partial charge in [-0.05, 0) is 56.7 Å². The Labute approximate surface area is 266 Å². The summed E-state index contributed by atoms with van der Waals surface area (Å²) in [6.45, 7) is 21.7. The summed E-state index contributed by atoms with van der Waals surface area (Å²) in [4.78, 5) is 14.6. The van der Waals surface area contributed by atoms with Crippen molar-refractivity contribution in [1.82, 2.24) is 15.0 Å². The lowest BCUT2D eigenvalue weighted by Gasteiger charge is -2.22. The van der Waals surface area contributed by atoms with Gasteiger partial charge in [-0.2, -0.15) is 0 Å². The summed E-state index contributed by atoms with van der Waals surface area (Å²) in [7, 11) is 0. The molecule has 1 aromatic heterocycles. The highest BCUT2D eigenvalue weighted by Crippen LogP contribution is 2.49. The number of allylic oxidation sites excluding steroid dienone is 8. The van der Waals surface area contributed by atoms with Crippen LogP contribution in [0.5, 0.6) is 0 Å². The predicted molar refractivity (Wildman–Crippen MR) is 189 cm³/mol. The number of nitrogens with zero attached hydrogens (tertiary/aromatic N) is 3. The lowest BCUT2D eigenvalue weighted by atomic mass is 9.81. The second-order valence-electron chi connectivity index (χ2n) is 11.7. The van der Waals surface area contributed by atoms with E-state index in [0.717, 1.165) is 50.1 Å². The van der Waals surface area contributed by atoms with E-state index in [0.29, 0.717) is 17.5 Å². The van der Waals surface area contributed by atoms with Crippen LogP contribution in [-0.4, -0.2) is 15.0 Å². The average molecular weight is 582 g/mol. The van der Waals surface area contributed by atoms with Gasteiger partial charge in [-0.25, -0.2) is 15.0 Å². The van der Waals surface area contributed by atoms with E-state index in [1.54, 1.807) is 0 Å². The molecular formula is C42H35N3. The van der Waals surface area contributed by atoms with Gasteiger partial charge in [0.2, 0.25) is 0 Å². The zero-order chi connectivity index (χ0) is 31.6. The summed E-state index contributed by atoms with van der Waals surface area (Å²) in [5, 5.41) is 0. The van der Waals surface area contributed by atoms with Gasteiger partial charge in [-0.15, -0.1) is 0 Å². The highest BCUT2D eigenvalue weighted by atomic mass is 15.0. The number of benzene rings is 4. The Balaban J connectivity index is 1.34. The molecule has 218 valence electrons. The molecule has 0 atom stereocenters. The third-order valence-electron chi connectivity index (χ3n) is 8.36. The SMILES string of the molecule is C=C/C(=C\C(=C)C(=C)/C=C1\C(=C)c2ccccc2C1(C)C)c1cccc(-c2nc(-c3ccccc3)nc(-c3ccccc3)n2)c1. The van der Waals surface area contributed by atoms with Gasteiger partial charge in [0.05, 0.1) is 0 Å². The third-order valence-corrected chi connectivity index (χ3v) is 8.36. The van der Waals surface area contributed by atoms with Crippen molar-refractivity contribution in [3.05, 3.63) is 187 Å². The summed E-state index contributed by atoms with van der Waals surface area (Å²) in [5.74, 6) is 1.85. The Morgan fingerprint density at radius 1 is 0.644 bits per heavy atom. The number of fused-ring (bicyclic) bond motifs is 1. The van der Waals surface area contributed by atoms with Crippen molar-refractivity contribution in [2.45, 2.75) is 19.3 Å². The van der Waals surface area contributed by atoms with Gasteiger partial charge in [-0.1, -0.05) is 155 Å². The molecule has 0 aliphatic heterocycles. The number of hydrogen-bond donors (Lipinski definition) is 0. The molecular weight excluding hydrogens is 546 g/mol. The van der Waals surface area contributed by atoms with Crippen LogP contribution in [0, 0.1) is 0 Å². The maximum Gasteiger partial charge on any atom is 0.164 e. The van der Waals surface area contributed by atoms with Crippen LogP contribution in [0.1, 0.15) is 30.5 Å². The maximum absolute atomic E-state index is 4.89. The van der Waals surface area contributed by atoms with Crippen molar-refractivity contribution in [2.75, 3.05) is 0 Å². The minimum Gasteiger partial charge on any atom is -0.208 e. The molecule has 0 saturated carbocycles. The van der Waals surface area contributed by atoms with Crippen molar-refractivity contribution in [2.24, 2.45) is 0 Å². The summed E-state index contributed by atoms with van der Waals surface area (Å²) < 4.78 is 0. The topological polar surface area (TPSA) is 38.7 Å². The molecule has 4 aromatic carbocycles. The Morgan fingerprint density at radius 3 is 1.76 bits per heavy atom. The molecule has 0 N–H and O–H groups in total. The van der Waals surface area contributed by atoms with Crippen molar-refractivity contribution < 1.29 is 0 Å². The lowest BCUT2D eigenvalue weighted by Crippen LogP contribution is -2.15. The zero-order valence-corrected chi connectivity index (χ0v) is 25.8. The molecule has 0 saturated heterocycles. The second-order valence-corrected chi connectivity index (χ2v) is 11.7. The summed E-state index contributed by atoms with van der Waals surface area (Å²) in [5.41, 5.74) is 10.8. The van der Waals surface area contributed by atoms with E-state index in [4.69, 9.17) is 15.0 Å². The predicted octanol–water partition coefficient (Wildman–Crippen LogP) is 10.5. The van der Waals surface area contributed by atoms with Crippen molar-refractivity contribution in [1.29, 1.82) is 0 Å². The van der Waals surface area contributed by atoms with Gasteiger partial charge in [0.1, 0.15) is 0 Å². The molecule has 1 aliphatic carbocycles. The van der Waals surface area contributed by atoms with Crippen LogP contribution in [0.3, 0.4) is 0 Å². The van der Waals surface area contributed by atoms with Crippen molar-refractivity contribution >= 4 is 11.1 Å². The zero-order valence-electron chi connectivity index (χ0n) is 25.8. The van der Waals surface area contributed by atoms with Crippen LogP contribution < -0.4 is 0 Å². The van der Waals surface area contributed by atoms with E-state index in [9.17, 15) is 0 Å². The Hall–Kier alpha value is -5.67. The fourth-order valence-corrected chi connectivity index (χ4v) is 5.81.